The van der Waals surface area contributed by atoms with Crippen molar-refractivity contribution in [3.63, 3.8) is 0 Å². The van der Waals surface area contributed by atoms with Gasteiger partial charge in [-0.05, 0) is 54.6 Å². The number of nitrogens with one attached hydrogen (secondary N) is 1. The Kier molecular flexibility index (Phi) is 5.14. The van der Waals surface area contributed by atoms with Gasteiger partial charge in [0, 0.05) is 21.2 Å². The molecule has 0 atom stereocenters. The van der Waals surface area contributed by atoms with Crippen LogP contribution in [0.1, 0.15) is 16.1 Å². The molecular formula is C18H12Cl3NO2. The van der Waals surface area contributed by atoms with Crippen LogP contribution in [0.15, 0.2) is 59.0 Å². The van der Waals surface area contributed by atoms with E-state index in [2.05, 4.69) is 5.32 Å². The van der Waals surface area contributed by atoms with Crippen molar-refractivity contribution in [3.8, 4) is 11.3 Å². The molecule has 0 aliphatic rings. The first-order chi connectivity index (χ1) is 11.5. The Balaban J connectivity index is 1.68. The maximum absolute atomic E-state index is 12.1. The highest BCUT2D eigenvalue weighted by Gasteiger charge is 2.11. The fraction of sp³-hybridized carbons (Fsp3) is 0.0556. The maximum atomic E-state index is 12.1. The van der Waals surface area contributed by atoms with Crippen LogP contribution in [0.25, 0.3) is 11.3 Å². The van der Waals surface area contributed by atoms with E-state index >= 15 is 0 Å². The average Bonchev–Trinajstić information content (AvgIpc) is 3.02. The highest BCUT2D eigenvalue weighted by atomic mass is 35.5. The van der Waals surface area contributed by atoms with E-state index < -0.39 is 0 Å². The van der Waals surface area contributed by atoms with Crippen LogP contribution >= 0.6 is 34.8 Å². The summed E-state index contributed by atoms with van der Waals surface area (Å²) < 4.78 is 5.73. The highest BCUT2D eigenvalue weighted by Crippen LogP contribution is 2.31. The summed E-state index contributed by atoms with van der Waals surface area (Å²) >= 11 is 17.9. The van der Waals surface area contributed by atoms with Crippen LogP contribution in [-0.2, 0) is 6.54 Å². The lowest BCUT2D eigenvalue weighted by Gasteiger charge is -2.04. The Labute approximate surface area is 154 Å². The summed E-state index contributed by atoms with van der Waals surface area (Å²) in [7, 11) is 0. The molecule has 3 nitrogen and oxygen atoms in total. The third-order valence-electron chi connectivity index (χ3n) is 3.39. The van der Waals surface area contributed by atoms with Crippen LogP contribution in [0.2, 0.25) is 15.1 Å². The van der Waals surface area contributed by atoms with Crippen molar-refractivity contribution in [2.45, 2.75) is 6.54 Å². The monoisotopic (exact) mass is 379 g/mol. The third kappa shape index (κ3) is 3.93. The van der Waals surface area contributed by atoms with Gasteiger partial charge in [-0.15, -0.1) is 0 Å². The normalized spacial score (nSPS) is 10.6. The van der Waals surface area contributed by atoms with Crippen molar-refractivity contribution in [3.05, 3.63) is 81.0 Å². The number of benzene rings is 2. The van der Waals surface area contributed by atoms with Gasteiger partial charge in [0.05, 0.1) is 11.6 Å². The lowest BCUT2D eigenvalue weighted by molar-refractivity contribution is 0.0948. The van der Waals surface area contributed by atoms with E-state index in [0.29, 0.717) is 32.2 Å². The summed E-state index contributed by atoms with van der Waals surface area (Å²) in [5.74, 6) is 1.04. The summed E-state index contributed by atoms with van der Waals surface area (Å²) in [4.78, 5) is 12.1. The topological polar surface area (TPSA) is 42.2 Å². The highest BCUT2D eigenvalue weighted by molar-refractivity contribution is 6.36. The van der Waals surface area contributed by atoms with E-state index in [1.807, 2.05) is 0 Å². The molecule has 2 aromatic carbocycles. The van der Waals surface area contributed by atoms with Crippen LogP contribution in [0.3, 0.4) is 0 Å². The molecule has 3 aromatic rings. The molecule has 1 amide bonds. The van der Waals surface area contributed by atoms with E-state index in [-0.39, 0.29) is 12.5 Å². The molecule has 0 bridgehead atoms. The zero-order valence-electron chi connectivity index (χ0n) is 12.4. The van der Waals surface area contributed by atoms with Crippen molar-refractivity contribution < 1.29 is 9.21 Å². The second-order valence-corrected chi connectivity index (χ2v) is 6.36. The summed E-state index contributed by atoms with van der Waals surface area (Å²) in [6.07, 6.45) is 0. The Morgan fingerprint density at radius 3 is 2.33 bits per heavy atom. The van der Waals surface area contributed by atoms with Crippen molar-refractivity contribution in [1.82, 2.24) is 5.32 Å². The minimum absolute atomic E-state index is 0.200. The molecule has 0 saturated carbocycles. The largest absolute Gasteiger partial charge is 0.459 e. The number of carbonyl (C=O) groups excluding carboxylic acids is 1. The first kappa shape index (κ1) is 16.9. The van der Waals surface area contributed by atoms with Gasteiger partial charge in [-0.25, -0.2) is 0 Å². The number of furan rings is 1. The molecule has 0 radical (unpaired) electrons. The Morgan fingerprint density at radius 2 is 1.62 bits per heavy atom. The van der Waals surface area contributed by atoms with Gasteiger partial charge in [-0.3, -0.25) is 4.79 Å². The Morgan fingerprint density at radius 1 is 0.917 bits per heavy atom. The predicted octanol–water partition coefficient (Wildman–Crippen LogP) is 5.84. The van der Waals surface area contributed by atoms with Crippen molar-refractivity contribution in [2.75, 3.05) is 0 Å². The fourth-order valence-electron chi connectivity index (χ4n) is 2.18. The van der Waals surface area contributed by atoms with Gasteiger partial charge in [0.15, 0.2) is 0 Å². The molecule has 1 aromatic heterocycles. The first-order valence-corrected chi connectivity index (χ1v) is 8.24. The zero-order valence-corrected chi connectivity index (χ0v) is 14.6. The average molecular weight is 381 g/mol. The number of amides is 1. The summed E-state index contributed by atoms with van der Waals surface area (Å²) in [5, 5.41) is 4.45. The molecule has 0 unspecified atom stereocenters. The summed E-state index contributed by atoms with van der Waals surface area (Å²) in [6, 6.07) is 15.5. The third-order valence-corrected chi connectivity index (χ3v) is 4.19. The van der Waals surface area contributed by atoms with Crippen LogP contribution in [-0.4, -0.2) is 5.91 Å². The second kappa shape index (κ2) is 7.31. The van der Waals surface area contributed by atoms with E-state index in [4.69, 9.17) is 39.2 Å². The second-order valence-electron chi connectivity index (χ2n) is 5.08. The summed E-state index contributed by atoms with van der Waals surface area (Å²) in [5.41, 5.74) is 1.28. The minimum atomic E-state index is -0.200. The number of rotatable bonds is 4. The zero-order chi connectivity index (χ0) is 17.1. The van der Waals surface area contributed by atoms with Gasteiger partial charge in [0.1, 0.15) is 11.5 Å². The van der Waals surface area contributed by atoms with E-state index in [9.17, 15) is 4.79 Å². The van der Waals surface area contributed by atoms with E-state index in [0.717, 1.165) is 5.56 Å². The quantitative estimate of drug-likeness (QED) is 0.618. The fourth-order valence-corrected chi connectivity index (χ4v) is 2.81. The number of hydrogen-bond donors (Lipinski definition) is 1. The van der Waals surface area contributed by atoms with Crippen LogP contribution in [0.5, 0.6) is 0 Å². The summed E-state index contributed by atoms with van der Waals surface area (Å²) in [6.45, 7) is 0.271. The van der Waals surface area contributed by atoms with Crippen LogP contribution < -0.4 is 5.32 Å². The molecule has 122 valence electrons. The number of carbonyl (C=O) groups is 1. The lowest BCUT2D eigenvalue weighted by Crippen LogP contribution is -2.22. The minimum Gasteiger partial charge on any atom is -0.459 e. The van der Waals surface area contributed by atoms with Gasteiger partial charge >= 0.3 is 0 Å². The van der Waals surface area contributed by atoms with Crippen LogP contribution in [0.4, 0.5) is 0 Å². The molecule has 0 aliphatic heterocycles. The lowest BCUT2D eigenvalue weighted by atomic mass is 10.2. The molecule has 0 saturated heterocycles. The van der Waals surface area contributed by atoms with Crippen LogP contribution in [0, 0.1) is 0 Å². The molecule has 1 N–H and O–H groups in total. The maximum Gasteiger partial charge on any atom is 0.251 e. The smallest absolute Gasteiger partial charge is 0.251 e. The molecule has 0 aliphatic carbocycles. The van der Waals surface area contributed by atoms with Gasteiger partial charge in [-0.1, -0.05) is 34.8 Å². The molecule has 0 spiro atoms. The van der Waals surface area contributed by atoms with Crippen molar-refractivity contribution in [1.29, 1.82) is 0 Å². The Hall–Kier alpha value is -1.94. The first-order valence-electron chi connectivity index (χ1n) is 7.11. The molecule has 1 heterocycles. The van der Waals surface area contributed by atoms with Gasteiger partial charge < -0.3 is 9.73 Å². The van der Waals surface area contributed by atoms with E-state index in [1.54, 1.807) is 54.6 Å². The van der Waals surface area contributed by atoms with Gasteiger partial charge in [0.2, 0.25) is 0 Å². The van der Waals surface area contributed by atoms with Gasteiger partial charge in [0.25, 0.3) is 5.91 Å². The standard InChI is InChI=1S/C18H12Cl3NO2/c19-12-3-1-11(2-4-12)18(23)22-10-14-6-8-17(24-14)15-7-5-13(20)9-16(15)21/h1-9H,10H2,(H,22,23). The van der Waals surface area contributed by atoms with Gasteiger partial charge in [-0.2, -0.15) is 0 Å². The van der Waals surface area contributed by atoms with Crippen molar-refractivity contribution in [2.24, 2.45) is 0 Å². The van der Waals surface area contributed by atoms with E-state index in [1.165, 1.54) is 0 Å². The number of halogens is 3. The number of hydrogen-bond acceptors (Lipinski definition) is 2. The molecule has 6 heteroatoms. The molecule has 24 heavy (non-hydrogen) atoms. The van der Waals surface area contributed by atoms with Crippen molar-refractivity contribution >= 4 is 40.7 Å². The molecule has 3 rings (SSSR count). The predicted molar refractivity (Wildman–Crippen MR) is 96.8 cm³/mol. The molecule has 0 fully saturated rings. The SMILES string of the molecule is O=C(NCc1ccc(-c2ccc(Cl)cc2Cl)o1)c1ccc(Cl)cc1. The molecular weight excluding hydrogens is 369 g/mol. The Bertz CT molecular complexity index is 872.